The predicted octanol–water partition coefficient (Wildman–Crippen LogP) is 1.88. The molecule has 0 heterocycles. The fourth-order valence-corrected chi connectivity index (χ4v) is 1.30. The Balaban J connectivity index is 3.01. The molecule has 0 aliphatic rings. The van der Waals surface area contributed by atoms with E-state index in [9.17, 15) is 0 Å². The zero-order chi connectivity index (χ0) is 9.94. The minimum atomic E-state index is 1.01. The average Bonchev–Trinajstić information content (AvgIpc) is 2.11. The van der Waals surface area contributed by atoms with Crippen LogP contribution in [0.2, 0.25) is 0 Å². The Bertz CT molecular complexity index is 113. The molecule has 0 atom stereocenters. The Morgan fingerprint density at radius 3 is 2.69 bits per heavy atom. The first-order chi connectivity index (χ1) is 6.31. The maximum atomic E-state index is 3.72. The van der Waals surface area contributed by atoms with Crippen molar-refractivity contribution in [3.05, 3.63) is 12.7 Å². The van der Waals surface area contributed by atoms with Gasteiger partial charge in [0.15, 0.2) is 0 Å². The maximum absolute atomic E-state index is 3.72. The summed E-state index contributed by atoms with van der Waals surface area (Å²) in [5, 5.41) is 3.33. The zero-order valence-corrected chi connectivity index (χ0v) is 9.18. The molecule has 1 N–H and O–H groups in total. The molecule has 2 heteroatoms. The van der Waals surface area contributed by atoms with Crippen molar-refractivity contribution in [3.63, 3.8) is 0 Å². The molecule has 0 unspecified atom stereocenters. The minimum absolute atomic E-state index is 1.01. The van der Waals surface area contributed by atoms with Crippen LogP contribution >= 0.6 is 0 Å². The Morgan fingerprint density at radius 1 is 1.31 bits per heavy atom. The van der Waals surface area contributed by atoms with Crippen molar-refractivity contribution in [3.8, 4) is 0 Å². The highest BCUT2D eigenvalue weighted by Crippen LogP contribution is 1.96. The number of rotatable bonds is 9. The molecule has 2 nitrogen and oxygen atoms in total. The van der Waals surface area contributed by atoms with Crippen molar-refractivity contribution in [1.82, 2.24) is 10.2 Å². The van der Waals surface area contributed by atoms with Gasteiger partial charge in [-0.05, 0) is 39.5 Å². The Kier molecular flexibility index (Phi) is 9.49. The first-order valence-corrected chi connectivity index (χ1v) is 5.31. The molecule has 78 valence electrons. The summed E-state index contributed by atoms with van der Waals surface area (Å²) >= 11 is 0. The van der Waals surface area contributed by atoms with Gasteiger partial charge in [-0.15, -0.1) is 6.58 Å². The van der Waals surface area contributed by atoms with Crippen molar-refractivity contribution in [2.75, 3.05) is 33.2 Å². The Labute approximate surface area is 83.0 Å². The molecule has 13 heavy (non-hydrogen) atoms. The van der Waals surface area contributed by atoms with Crippen LogP contribution < -0.4 is 5.32 Å². The fraction of sp³-hybridized carbons (Fsp3) is 0.818. The molecule has 0 aromatic heterocycles. The van der Waals surface area contributed by atoms with Crippen molar-refractivity contribution in [2.24, 2.45) is 0 Å². The third-order valence-electron chi connectivity index (χ3n) is 2.08. The normalized spacial score (nSPS) is 10.7. The van der Waals surface area contributed by atoms with Gasteiger partial charge in [0.1, 0.15) is 0 Å². The summed E-state index contributed by atoms with van der Waals surface area (Å²) in [6.45, 7) is 10.3. The number of hydrogen-bond acceptors (Lipinski definition) is 2. The number of unbranched alkanes of at least 4 members (excludes halogenated alkanes) is 2. The lowest BCUT2D eigenvalue weighted by atomic mass is 10.2. The van der Waals surface area contributed by atoms with Gasteiger partial charge in [-0.25, -0.2) is 0 Å². The van der Waals surface area contributed by atoms with E-state index in [1.165, 1.54) is 32.4 Å². The van der Waals surface area contributed by atoms with Gasteiger partial charge in [0, 0.05) is 6.54 Å². The van der Waals surface area contributed by atoms with Gasteiger partial charge < -0.3 is 10.2 Å². The smallest absolute Gasteiger partial charge is 0.0157 e. The topological polar surface area (TPSA) is 15.3 Å². The van der Waals surface area contributed by atoms with Crippen molar-refractivity contribution >= 4 is 0 Å². The summed E-state index contributed by atoms with van der Waals surface area (Å²) in [5.74, 6) is 0. The molecule has 0 aliphatic heterocycles. The second kappa shape index (κ2) is 9.75. The van der Waals surface area contributed by atoms with E-state index < -0.39 is 0 Å². The second-order valence-electron chi connectivity index (χ2n) is 3.47. The van der Waals surface area contributed by atoms with Gasteiger partial charge >= 0.3 is 0 Å². The molecular weight excluding hydrogens is 160 g/mol. The maximum Gasteiger partial charge on any atom is 0.0157 e. The molecule has 0 aromatic rings. The van der Waals surface area contributed by atoms with Crippen LogP contribution in [0.1, 0.15) is 26.2 Å². The van der Waals surface area contributed by atoms with E-state index in [1.54, 1.807) is 0 Å². The minimum Gasteiger partial charge on any atom is -0.317 e. The van der Waals surface area contributed by atoms with Crippen LogP contribution in [0.5, 0.6) is 0 Å². The molecule has 0 saturated heterocycles. The summed E-state index contributed by atoms with van der Waals surface area (Å²) in [6.07, 6.45) is 5.89. The zero-order valence-electron chi connectivity index (χ0n) is 9.18. The lowest BCUT2D eigenvalue weighted by Crippen LogP contribution is -2.20. The van der Waals surface area contributed by atoms with Crippen LogP contribution in [0.15, 0.2) is 12.7 Å². The first-order valence-electron chi connectivity index (χ1n) is 5.31. The summed E-state index contributed by atoms with van der Waals surface area (Å²) in [7, 11) is 2.14. The van der Waals surface area contributed by atoms with E-state index in [4.69, 9.17) is 0 Å². The third kappa shape index (κ3) is 9.57. The van der Waals surface area contributed by atoms with Crippen molar-refractivity contribution in [2.45, 2.75) is 26.2 Å². The van der Waals surface area contributed by atoms with Gasteiger partial charge in [-0.2, -0.15) is 0 Å². The van der Waals surface area contributed by atoms with Crippen molar-refractivity contribution < 1.29 is 0 Å². The summed E-state index contributed by atoms with van der Waals surface area (Å²) in [4.78, 5) is 2.31. The third-order valence-corrected chi connectivity index (χ3v) is 2.08. The van der Waals surface area contributed by atoms with Gasteiger partial charge in [-0.3, -0.25) is 0 Å². The van der Waals surface area contributed by atoms with E-state index >= 15 is 0 Å². The van der Waals surface area contributed by atoms with E-state index in [0.717, 1.165) is 13.1 Å². The largest absolute Gasteiger partial charge is 0.317 e. The van der Waals surface area contributed by atoms with Crippen LogP contribution in [0, 0.1) is 0 Å². The molecule has 0 aromatic carbocycles. The standard InChI is InChI=1S/C11H24N2/c1-4-10-13(3)11-8-6-7-9-12-5-2/h4,12H,1,5-11H2,2-3H3. The molecule has 0 rings (SSSR count). The lowest BCUT2D eigenvalue weighted by Gasteiger charge is -2.13. The van der Waals surface area contributed by atoms with Crippen molar-refractivity contribution in [1.29, 1.82) is 0 Å². The number of nitrogens with one attached hydrogen (secondary N) is 1. The molecule has 0 fully saturated rings. The highest BCUT2D eigenvalue weighted by Gasteiger charge is 1.94. The van der Waals surface area contributed by atoms with Crippen LogP contribution in [0.25, 0.3) is 0 Å². The van der Waals surface area contributed by atoms with E-state index in [2.05, 4.69) is 30.8 Å². The Hall–Kier alpha value is -0.340. The molecule has 0 spiro atoms. The van der Waals surface area contributed by atoms with Gasteiger partial charge in [0.25, 0.3) is 0 Å². The molecular formula is C11H24N2. The fourth-order valence-electron chi connectivity index (χ4n) is 1.30. The van der Waals surface area contributed by atoms with Crippen LogP contribution in [-0.2, 0) is 0 Å². The molecule has 0 amide bonds. The van der Waals surface area contributed by atoms with Gasteiger partial charge in [-0.1, -0.05) is 19.4 Å². The van der Waals surface area contributed by atoms with Crippen LogP contribution in [0.3, 0.4) is 0 Å². The highest BCUT2D eigenvalue weighted by molar-refractivity contribution is 4.70. The quantitative estimate of drug-likeness (QED) is 0.435. The average molecular weight is 184 g/mol. The van der Waals surface area contributed by atoms with E-state index in [-0.39, 0.29) is 0 Å². The van der Waals surface area contributed by atoms with Gasteiger partial charge in [0.2, 0.25) is 0 Å². The Morgan fingerprint density at radius 2 is 2.08 bits per heavy atom. The molecule has 0 saturated carbocycles. The van der Waals surface area contributed by atoms with Crippen LogP contribution in [0.4, 0.5) is 0 Å². The summed E-state index contributed by atoms with van der Waals surface area (Å²) in [5.41, 5.74) is 0. The summed E-state index contributed by atoms with van der Waals surface area (Å²) in [6, 6.07) is 0. The number of nitrogens with zero attached hydrogens (tertiary/aromatic N) is 1. The number of hydrogen-bond donors (Lipinski definition) is 1. The second-order valence-corrected chi connectivity index (χ2v) is 3.47. The SMILES string of the molecule is C=CCN(C)CCCCCNCC. The molecule has 0 aliphatic carbocycles. The summed E-state index contributed by atoms with van der Waals surface area (Å²) < 4.78 is 0. The predicted molar refractivity (Wildman–Crippen MR) is 60.1 cm³/mol. The highest BCUT2D eigenvalue weighted by atomic mass is 15.1. The first kappa shape index (κ1) is 12.7. The molecule has 0 bridgehead atoms. The lowest BCUT2D eigenvalue weighted by molar-refractivity contribution is 0.357. The van der Waals surface area contributed by atoms with E-state index in [0.29, 0.717) is 0 Å². The number of likely N-dealkylation sites (N-methyl/N-ethyl adjacent to an activating group) is 1. The van der Waals surface area contributed by atoms with Crippen LogP contribution in [-0.4, -0.2) is 38.1 Å². The van der Waals surface area contributed by atoms with Gasteiger partial charge in [0.05, 0.1) is 0 Å². The monoisotopic (exact) mass is 184 g/mol. The van der Waals surface area contributed by atoms with E-state index in [1.807, 2.05) is 6.08 Å². The molecule has 0 radical (unpaired) electrons.